The number of nitrogens with zero attached hydrogens (tertiary/aromatic N) is 1. The van der Waals surface area contributed by atoms with E-state index in [1.807, 2.05) is 39.4 Å². The molecule has 1 N–H and O–H groups in total. The Morgan fingerprint density at radius 3 is 1.28 bits per heavy atom. The average Bonchev–Trinajstić information content (AvgIpc) is 3.37. The summed E-state index contributed by atoms with van der Waals surface area (Å²) in [7, 11) is 1.14. The second kappa shape index (κ2) is 54.5. The van der Waals surface area contributed by atoms with Crippen LogP contribution in [0.3, 0.4) is 0 Å². The number of allylic oxidation sites excluding steroid dienone is 13. The molecule has 0 spiro atoms. The molecule has 0 rings (SSSR count). The first-order chi connectivity index (χ1) is 36.4. The van der Waals surface area contributed by atoms with Crippen LogP contribution in [0.4, 0.5) is 0 Å². The second-order valence-electron chi connectivity index (χ2n) is 21.8. The first kappa shape index (κ1) is 72.2. The molecule has 0 saturated carbocycles. The van der Waals surface area contributed by atoms with Gasteiger partial charge in [-0.2, -0.15) is 0 Å². The van der Waals surface area contributed by atoms with Crippen LogP contribution in [0, 0.1) is 0 Å². The Kier molecular flexibility index (Phi) is 52.5. The van der Waals surface area contributed by atoms with Crippen molar-refractivity contribution in [3.8, 4) is 0 Å². The van der Waals surface area contributed by atoms with Gasteiger partial charge in [-0.05, 0) is 70.3 Å². The van der Waals surface area contributed by atoms with Crippen LogP contribution >= 0.6 is 7.82 Å². The van der Waals surface area contributed by atoms with Crippen molar-refractivity contribution < 1.29 is 37.3 Å². The van der Waals surface area contributed by atoms with Crippen LogP contribution < -0.4 is 10.2 Å². The lowest BCUT2D eigenvalue weighted by Crippen LogP contribution is -2.47. The van der Waals surface area contributed by atoms with E-state index in [4.69, 9.17) is 13.8 Å². The third-order valence-corrected chi connectivity index (χ3v) is 14.3. The zero-order valence-electron chi connectivity index (χ0n) is 49.5. The molecule has 0 saturated heterocycles. The molecule has 0 fully saturated rings. The zero-order chi connectivity index (χ0) is 55.0. The molecule has 0 aromatic heterocycles. The highest BCUT2D eigenvalue weighted by Crippen LogP contribution is 2.38. The van der Waals surface area contributed by atoms with Crippen molar-refractivity contribution in [3.05, 3.63) is 85.1 Å². The number of likely N-dealkylation sites (N-methyl/N-ethyl adjacent to an activating group) is 1. The lowest BCUT2D eigenvalue weighted by atomic mass is 10.0. The van der Waals surface area contributed by atoms with E-state index >= 15 is 0 Å². The molecule has 0 radical (unpaired) electrons. The van der Waals surface area contributed by atoms with Gasteiger partial charge in [-0.15, -0.1) is 0 Å². The molecule has 434 valence electrons. The van der Waals surface area contributed by atoms with Crippen molar-refractivity contribution in [1.82, 2.24) is 5.32 Å². The van der Waals surface area contributed by atoms with Crippen molar-refractivity contribution in [2.24, 2.45) is 0 Å². The van der Waals surface area contributed by atoms with E-state index in [1.54, 1.807) is 6.08 Å². The normalized spacial score (nSPS) is 14.3. The monoisotopic (exact) mass is 1070 g/mol. The molecular formula is C65H117N2O7P. The minimum atomic E-state index is -4.71. The average molecular weight is 1070 g/mol. The van der Waals surface area contributed by atoms with Gasteiger partial charge in [-0.25, -0.2) is 0 Å². The molecule has 0 bridgehead atoms. The molecular weight excluding hydrogens is 952 g/mol. The Morgan fingerprint density at radius 2 is 0.867 bits per heavy atom. The standard InChI is InChI=1S/C65H117N2O7P/c1-7-10-13-16-19-22-25-27-29-31-33-35-37-39-42-45-48-51-54-57-64(68)66-62(61-73-75(70,71)72-60-59-67(4,5)6)63(56-53-50-47-44-41-24-21-18-15-12-9-3)74-65(69)58-55-52-49-46-43-40-38-36-34-32-30-28-26-23-20-17-14-11-8-2/h11,14,20,23,28,30,34,36,40,43,49,52-53,56,62-63H,7-10,12-13,15-19,21-22,24-27,29,31-33,35,37-39,41-42,44-48,50-51,54-55,57-61H2,1-6H3,(H-,66,68,70,71)/b14-11-,23-20-,30-28-,36-34-,43-40-,52-49-,56-53+. The summed E-state index contributed by atoms with van der Waals surface area (Å²) in [5.74, 6) is -0.636. The molecule has 9 nitrogen and oxygen atoms in total. The van der Waals surface area contributed by atoms with E-state index in [-0.39, 0.29) is 18.9 Å². The van der Waals surface area contributed by atoms with Crippen LogP contribution in [-0.2, 0) is 27.9 Å². The van der Waals surface area contributed by atoms with Gasteiger partial charge in [-0.1, -0.05) is 267 Å². The van der Waals surface area contributed by atoms with E-state index in [0.717, 1.165) is 77.0 Å². The molecule has 0 aliphatic rings. The maximum absolute atomic E-state index is 13.5. The summed E-state index contributed by atoms with van der Waals surface area (Å²) >= 11 is 0. The Hall–Kier alpha value is -2.81. The molecule has 3 unspecified atom stereocenters. The number of phosphoric ester groups is 1. The quantitative estimate of drug-likeness (QED) is 0.0212. The van der Waals surface area contributed by atoms with Gasteiger partial charge in [-0.3, -0.25) is 14.2 Å². The summed E-state index contributed by atoms with van der Waals surface area (Å²) in [6.45, 7) is 6.69. The molecule has 0 aromatic rings. The van der Waals surface area contributed by atoms with Gasteiger partial charge in [0.1, 0.15) is 19.3 Å². The van der Waals surface area contributed by atoms with Crippen LogP contribution in [-0.4, -0.2) is 69.4 Å². The predicted octanol–water partition coefficient (Wildman–Crippen LogP) is 18.4. The minimum Gasteiger partial charge on any atom is -0.756 e. The first-order valence-corrected chi connectivity index (χ1v) is 32.4. The van der Waals surface area contributed by atoms with Gasteiger partial charge in [0.25, 0.3) is 7.82 Å². The van der Waals surface area contributed by atoms with Crippen LogP contribution in [0.5, 0.6) is 0 Å². The van der Waals surface area contributed by atoms with Gasteiger partial charge in [0.05, 0.1) is 33.8 Å². The summed E-state index contributed by atoms with van der Waals surface area (Å²) < 4.78 is 30.2. The Bertz CT molecular complexity index is 1560. The number of nitrogens with one attached hydrogen (secondary N) is 1. The number of carbonyl (C=O) groups excluding carboxylic acids is 2. The number of hydrogen-bond acceptors (Lipinski definition) is 7. The number of phosphoric acid groups is 1. The van der Waals surface area contributed by atoms with Crippen LogP contribution in [0.25, 0.3) is 0 Å². The Balaban J connectivity index is 5.32. The van der Waals surface area contributed by atoms with Gasteiger partial charge < -0.3 is 28.5 Å². The maximum atomic E-state index is 13.5. The smallest absolute Gasteiger partial charge is 0.306 e. The lowest BCUT2D eigenvalue weighted by Gasteiger charge is -2.30. The molecule has 10 heteroatoms. The van der Waals surface area contributed by atoms with Crippen LogP contribution in [0.15, 0.2) is 85.1 Å². The van der Waals surface area contributed by atoms with Crippen molar-refractivity contribution in [2.75, 3.05) is 40.9 Å². The number of hydrogen-bond donors (Lipinski definition) is 1. The van der Waals surface area contributed by atoms with Crippen molar-refractivity contribution in [3.63, 3.8) is 0 Å². The first-order valence-electron chi connectivity index (χ1n) is 30.9. The van der Waals surface area contributed by atoms with E-state index in [2.05, 4.69) is 86.8 Å². The van der Waals surface area contributed by atoms with E-state index in [1.165, 1.54) is 148 Å². The van der Waals surface area contributed by atoms with Gasteiger partial charge in [0.2, 0.25) is 5.91 Å². The molecule has 0 heterocycles. The number of rotatable bonds is 55. The Labute approximate surface area is 463 Å². The highest BCUT2D eigenvalue weighted by molar-refractivity contribution is 7.45. The molecule has 0 aliphatic carbocycles. The van der Waals surface area contributed by atoms with E-state index in [0.29, 0.717) is 23.9 Å². The summed E-state index contributed by atoms with van der Waals surface area (Å²) in [5.41, 5.74) is 0. The number of unbranched alkanes of at least 4 members (excludes halogenated alkanes) is 27. The number of ether oxygens (including phenoxy) is 1. The molecule has 3 atom stereocenters. The highest BCUT2D eigenvalue weighted by atomic mass is 31.2. The third-order valence-electron chi connectivity index (χ3n) is 13.4. The number of amides is 1. The van der Waals surface area contributed by atoms with Crippen molar-refractivity contribution in [2.45, 2.75) is 277 Å². The maximum Gasteiger partial charge on any atom is 0.306 e. The number of esters is 1. The minimum absolute atomic E-state index is 0.0354. The SMILES string of the molecule is CC/C=C\C/C=C\C/C=C\C/C=C\C/C=C\C/C=C\CCC(=O)OC(/C=C/CCCCCCCCCCC)C(COP(=O)([O-])OCC[N+](C)(C)C)NC(=O)CCCCCCCCCCCCCCCCCCCCC. The lowest BCUT2D eigenvalue weighted by molar-refractivity contribution is -0.870. The fourth-order valence-corrected chi connectivity index (χ4v) is 9.33. The van der Waals surface area contributed by atoms with Crippen LogP contribution in [0.2, 0.25) is 0 Å². The van der Waals surface area contributed by atoms with E-state index < -0.39 is 32.5 Å². The molecule has 0 aromatic carbocycles. The summed E-state index contributed by atoms with van der Waals surface area (Å²) in [6, 6.07) is -0.920. The van der Waals surface area contributed by atoms with Gasteiger partial charge >= 0.3 is 5.97 Å². The largest absolute Gasteiger partial charge is 0.756 e. The van der Waals surface area contributed by atoms with E-state index in [9.17, 15) is 19.0 Å². The summed E-state index contributed by atoms with van der Waals surface area (Å²) in [6.07, 6.45) is 71.4. The van der Waals surface area contributed by atoms with Crippen molar-refractivity contribution >= 4 is 19.7 Å². The highest BCUT2D eigenvalue weighted by Gasteiger charge is 2.27. The molecule has 1 amide bonds. The summed E-state index contributed by atoms with van der Waals surface area (Å²) in [5, 5.41) is 3.01. The number of quaternary nitrogens is 1. The Morgan fingerprint density at radius 1 is 0.480 bits per heavy atom. The predicted molar refractivity (Wildman–Crippen MR) is 321 cm³/mol. The van der Waals surface area contributed by atoms with Crippen molar-refractivity contribution in [1.29, 1.82) is 0 Å². The fourth-order valence-electron chi connectivity index (χ4n) is 8.61. The number of carbonyl (C=O) groups is 2. The third kappa shape index (κ3) is 55.7. The zero-order valence-corrected chi connectivity index (χ0v) is 50.4. The topological polar surface area (TPSA) is 114 Å². The molecule has 0 aliphatic heterocycles. The molecule has 75 heavy (non-hydrogen) atoms. The fraction of sp³-hybridized carbons (Fsp3) is 0.754. The van der Waals surface area contributed by atoms with Gasteiger partial charge in [0.15, 0.2) is 0 Å². The van der Waals surface area contributed by atoms with Gasteiger partial charge in [0, 0.05) is 12.8 Å². The summed E-state index contributed by atoms with van der Waals surface area (Å²) in [4.78, 5) is 39.9. The second-order valence-corrected chi connectivity index (χ2v) is 23.2. The van der Waals surface area contributed by atoms with Crippen LogP contribution in [0.1, 0.15) is 265 Å².